The van der Waals surface area contributed by atoms with E-state index in [0.717, 1.165) is 22.3 Å². The first-order valence-electron chi connectivity index (χ1n) is 6.68. The number of nitrogens with zero attached hydrogens (tertiary/aromatic N) is 2. The summed E-state index contributed by atoms with van der Waals surface area (Å²) in [5.41, 5.74) is 3.08. The summed E-state index contributed by atoms with van der Waals surface area (Å²) >= 11 is 3.43. The molecule has 1 amide bonds. The summed E-state index contributed by atoms with van der Waals surface area (Å²) in [4.78, 5) is 14.3. The average Bonchev–Trinajstić information content (AvgIpc) is 2.79. The minimum absolute atomic E-state index is 0.0408. The molecule has 0 aliphatic rings. The first kappa shape index (κ1) is 14.9. The standard InChI is InChI=1S/C16H19BrN2O/c1-4-19-11-14(17)9-15(19)16(20)18(3)10-13-7-5-6-12(2)8-13/h5-9,11H,4,10H2,1-3H3. The van der Waals surface area contributed by atoms with E-state index < -0.39 is 0 Å². The minimum atomic E-state index is 0.0408. The van der Waals surface area contributed by atoms with Crippen LogP contribution in [-0.4, -0.2) is 22.4 Å². The Labute approximate surface area is 128 Å². The second-order valence-corrected chi connectivity index (χ2v) is 5.90. The number of hydrogen-bond donors (Lipinski definition) is 0. The van der Waals surface area contributed by atoms with Gasteiger partial charge in [0, 0.05) is 30.8 Å². The number of benzene rings is 1. The van der Waals surface area contributed by atoms with Gasteiger partial charge in [0.2, 0.25) is 0 Å². The highest BCUT2D eigenvalue weighted by atomic mass is 79.9. The number of carbonyl (C=O) groups excluding carboxylic acids is 1. The van der Waals surface area contributed by atoms with Gasteiger partial charge < -0.3 is 9.47 Å². The van der Waals surface area contributed by atoms with E-state index in [-0.39, 0.29) is 5.91 Å². The van der Waals surface area contributed by atoms with E-state index in [9.17, 15) is 4.79 Å². The number of amides is 1. The Hall–Kier alpha value is -1.55. The molecule has 106 valence electrons. The molecule has 3 nitrogen and oxygen atoms in total. The van der Waals surface area contributed by atoms with Gasteiger partial charge in [-0.1, -0.05) is 29.8 Å². The molecule has 0 bridgehead atoms. The molecule has 4 heteroatoms. The van der Waals surface area contributed by atoms with E-state index >= 15 is 0 Å². The van der Waals surface area contributed by atoms with Crippen molar-refractivity contribution in [1.82, 2.24) is 9.47 Å². The Kier molecular flexibility index (Phi) is 4.65. The van der Waals surface area contributed by atoms with Crippen LogP contribution in [0.3, 0.4) is 0 Å². The summed E-state index contributed by atoms with van der Waals surface area (Å²) in [5, 5.41) is 0. The monoisotopic (exact) mass is 334 g/mol. The predicted octanol–water partition coefficient (Wildman–Crippen LogP) is 3.85. The molecule has 2 rings (SSSR count). The summed E-state index contributed by atoms with van der Waals surface area (Å²) in [7, 11) is 1.84. The quantitative estimate of drug-likeness (QED) is 0.833. The molecule has 1 aromatic carbocycles. The molecule has 0 spiro atoms. The summed E-state index contributed by atoms with van der Waals surface area (Å²) in [6, 6.07) is 10.1. The zero-order chi connectivity index (χ0) is 14.7. The van der Waals surface area contributed by atoms with Crippen molar-refractivity contribution in [2.24, 2.45) is 0 Å². The second-order valence-electron chi connectivity index (χ2n) is 4.98. The van der Waals surface area contributed by atoms with Gasteiger partial charge in [0.1, 0.15) is 5.69 Å². The lowest BCUT2D eigenvalue weighted by molar-refractivity contribution is 0.0774. The molecule has 0 aliphatic heterocycles. The van der Waals surface area contributed by atoms with Gasteiger partial charge >= 0.3 is 0 Å². The average molecular weight is 335 g/mol. The lowest BCUT2D eigenvalue weighted by Gasteiger charge is -2.18. The third-order valence-corrected chi connectivity index (χ3v) is 3.71. The molecule has 0 saturated carbocycles. The van der Waals surface area contributed by atoms with Crippen LogP contribution in [0.5, 0.6) is 0 Å². The van der Waals surface area contributed by atoms with Crippen LogP contribution in [0.15, 0.2) is 41.0 Å². The van der Waals surface area contributed by atoms with Gasteiger partial charge in [-0.25, -0.2) is 0 Å². The molecule has 2 aromatic rings. The van der Waals surface area contributed by atoms with Crippen LogP contribution in [0.2, 0.25) is 0 Å². The molecule has 1 aromatic heterocycles. The summed E-state index contributed by atoms with van der Waals surface area (Å²) in [6.45, 7) is 5.49. The number of aromatic nitrogens is 1. The van der Waals surface area contributed by atoms with Crippen molar-refractivity contribution < 1.29 is 4.79 Å². The molecule has 0 aliphatic carbocycles. The fraction of sp³-hybridized carbons (Fsp3) is 0.312. The Bertz CT molecular complexity index is 619. The largest absolute Gasteiger partial charge is 0.343 e. The van der Waals surface area contributed by atoms with Gasteiger partial charge in [-0.2, -0.15) is 0 Å². The van der Waals surface area contributed by atoms with Crippen LogP contribution in [-0.2, 0) is 13.1 Å². The molecule has 0 unspecified atom stereocenters. The zero-order valence-electron chi connectivity index (χ0n) is 12.1. The van der Waals surface area contributed by atoms with Crippen LogP contribution in [0.25, 0.3) is 0 Å². The summed E-state index contributed by atoms with van der Waals surface area (Å²) < 4.78 is 2.89. The highest BCUT2D eigenvalue weighted by Gasteiger charge is 2.16. The van der Waals surface area contributed by atoms with Gasteiger partial charge in [-0.15, -0.1) is 0 Å². The van der Waals surface area contributed by atoms with Crippen LogP contribution >= 0.6 is 15.9 Å². The maximum atomic E-state index is 12.5. The van der Waals surface area contributed by atoms with Crippen molar-refractivity contribution in [2.75, 3.05) is 7.05 Å². The van der Waals surface area contributed by atoms with Gasteiger partial charge in [0.15, 0.2) is 0 Å². The van der Waals surface area contributed by atoms with Gasteiger partial charge in [-0.3, -0.25) is 4.79 Å². The molecule has 0 N–H and O–H groups in total. The molecule has 20 heavy (non-hydrogen) atoms. The first-order valence-corrected chi connectivity index (χ1v) is 7.47. The Morgan fingerprint density at radius 3 is 2.75 bits per heavy atom. The third kappa shape index (κ3) is 3.31. The highest BCUT2D eigenvalue weighted by Crippen LogP contribution is 2.17. The van der Waals surface area contributed by atoms with E-state index in [1.165, 1.54) is 5.56 Å². The third-order valence-electron chi connectivity index (χ3n) is 3.27. The first-order chi connectivity index (χ1) is 9.51. The minimum Gasteiger partial charge on any atom is -0.343 e. The SMILES string of the molecule is CCn1cc(Br)cc1C(=O)N(C)Cc1cccc(C)c1. The van der Waals surface area contributed by atoms with Gasteiger partial charge in [0.25, 0.3) is 5.91 Å². The predicted molar refractivity (Wildman–Crippen MR) is 84.8 cm³/mol. The van der Waals surface area contributed by atoms with E-state index in [1.54, 1.807) is 4.90 Å². The van der Waals surface area contributed by atoms with Crippen molar-refractivity contribution >= 4 is 21.8 Å². The smallest absolute Gasteiger partial charge is 0.270 e. The summed E-state index contributed by atoms with van der Waals surface area (Å²) in [5.74, 6) is 0.0408. The number of halogens is 1. The number of hydrogen-bond acceptors (Lipinski definition) is 1. The fourth-order valence-corrected chi connectivity index (χ4v) is 2.73. The normalized spacial score (nSPS) is 10.6. The van der Waals surface area contributed by atoms with Gasteiger partial charge in [-0.05, 0) is 41.4 Å². The topological polar surface area (TPSA) is 25.2 Å². The molecular formula is C16H19BrN2O. The Balaban J connectivity index is 2.16. The number of rotatable bonds is 4. The van der Waals surface area contributed by atoms with Crippen molar-refractivity contribution in [1.29, 1.82) is 0 Å². The van der Waals surface area contributed by atoms with Crippen molar-refractivity contribution in [3.05, 3.63) is 57.8 Å². The number of carbonyl (C=O) groups is 1. The Morgan fingerprint density at radius 1 is 1.35 bits per heavy atom. The molecular weight excluding hydrogens is 316 g/mol. The maximum Gasteiger partial charge on any atom is 0.270 e. The second kappa shape index (κ2) is 6.27. The van der Waals surface area contributed by atoms with Crippen LogP contribution in [0.4, 0.5) is 0 Å². The van der Waals surface area contributed by atoms with E-state index in [1.807, 2.05) is 42.9 Å². The molecule has 0 radical (unpaired) electrons. The highest BCUT2D eigenvalue weighted by molar-refractivity contribution is 9.10. The fourth-order valence-electron chi connectivity index (χ4n) is 2.27. The van der Waals surface area contributed by atoms with Crippen molar-refractivity contribution in [3.63, 3.8) is 0 Å². The van der Waals surface area contributed by atoms with Gasteiger partial charge in [0.05, 0.1) is 0 Å². The summed E-state index contributed by atoms with van der Waals surface area (Å²) in [6.07, 6.45) is 1.94. The molecule has 1 heterocycles. The van der Waals surface area contributed by atoms with Crippen molar-refractivity contribution in [3.8, 4) is 0 Å². The van der Waals surface area contributed by atoms with Crippen molar-refractivity contribution in [2.45, 2.75) is 26.9 Å². The van der Waals surface area contributed by atoms with Crippen LogP contribution in [0, 0.1) is 6.92 Å². The van der Waals surface area contributed by atoms with E-state index in [4.69, 9.17) is 0 Å². The number of aryl methyl sites for hydroxylation is 2. The molecule has 0 saturated heterocycles. The van der Waals surface area contributed by atoms with Crippen LogP contribution in [0.1, 0.15) is 28.5 Å². The maximum absolute atomic E-state index is 12.5. The van der Waals surface area contributed by atoms with Crippen LogP contribution < -0.4 is 0 Å². The molecule has 0 fully saturated rings. The Morgan fingerprint density at radius 2 is 2.10 bits per heavy atom. The lowest BCUT2D eigenvalue weighted by Crippen LogP contribution is -2.28. The van der Waals surface area contributed by atoms with E-state index in [0.29, 0.717) is 6.54 Å². The molecule has 0 atom stereocenters. The van der Waals surface area contributed by atoms with E-state index in [2.05, 4.69) is 35.0 Å². The zero-order valence-corrected chi connectivity index (χ0v) is 13.6. The lowest BCUT2D eigenvalue weighted by atomic mass is 10.1.